The standard InChI is InChI=1S/C16H11ClFN7/c1-8-6-9(7-12(17)20-8)14-13(10-4-2-3-5-11(10)18)21-15(19)16-22-23-24-25(14)16/h2-7H,1H3,(H2,19,21). The monoisotopic (exact) mass is 355 g/mol. The van der Waals surface area contributed by atoms with E-state index in [1.165, 1.54) is 10.6 Å². The molecular formula is C16H11ClFN7. The highest BCUT2D eigenvalue weighted by atomic mass is 35.5. The van der Waals surface area contributed by atoms with E-state index < -0.39 is 5.82 Å². The predicted molar refractivity (Wildman–Crippen MR) is 91.4 cm³/mol. The van der Waals surface area contributed by atoms with E-state index in [1.807, 2.05) is 0 Å². The van der Waals surface area contributed by atoms with E-state index >= 15 is 0 Å². The van der Waals surface area contributed by atoms with Gasteiger partial charge >= 0.3 is 0 Å². The molecule has 25 heavy (non-hydrogen) atoms. The van der Waals surface area contributed by atoms with Crippen molar-refractivity contribution in [2.45, 2.75) is 6.92 Å². The average Bonchev–Trinajstić information content (AvgIpc) is 3.04. The summed E-state index contributed by atoms with van der Waals surface area (Å²) in [5.74, 6) is -0.330. The molecule has 0 saturated heterocycles. The Morgan fingerprint density at radius 1 is 1.16 bits per heavy atom. The SMILES string of the molecule is Cc1cc(-c2c(-c3ccccc3F)nc(N)c3nnnn23)cc(Cl)n1. The summed E-state index contributed by atoms with van der Waals surface area (Å²) in [5, 5.41) is 11.8. The normalized spacial score (nSPS) is 11.2. The molecule has 0 aliphatic heterocycles. The third-order valence-electron chi connectivity index (χ3n) is 3.69. The van der Waals surface area contributed by atoms with Crippen LogP contribution in [0.3, 0.4) is 0 Å². The first kappa shape index (κ1) is 15.4. The van der Waals surface area contributed by atoms with E-state index in [9.17, 15) is 4.39 Å². The number of hydrogen-bond acceptors (Lipinski definition) is 6. The topological polar surface area (TPSA) is 94.9 Å². The number of rotatable bonds is 2. The van der Waals surface area contributed by atoms with Crippen LogP contribution in [0.15, 0.2) is 36.4 Å². The van der Waals surface area contributed by atoms with Gasteiger partial charge in [0.05, 0.1) is 0 Å². The molecule has 0 radical (unpaired) electrons. The van der Waals surface area contributed by atoms with Crippen molar-refractivity contribution in [1.29, 1.82) is 0 Å². The van der Waals surface area contributed by atoms with Gasteiger partial charge in [0, 0.05) is 16.8 Å². The largest absolute Gasteiger partial charge is 0.380 e. The van der Waals surface area contributed by atoms with Crippen LogP contribution >= 0.6 is 11.6 Å². The van der Waals surface area contributed by atoms with E-state index in [4.69, 9.17) is 17.3 Å². The van der Waals surface area contributed by atoms with Crippen LogP contribution in [-0.2, 0) is 0 Å². The van der Waals surface area contributed by atoms with E-state index in [2.05, 4.69) is 25.5 Å². The van der Waals surface area contributed by atoms with Gasteiger partial charge in [-0.15, -0.1) is 5.10 Å². The highest BCUT2D eigenvalue weighted by Crippen LogP contribution is 2.34. The Morgan fingerprint density at radius 3 is 2.72 bits per heavy atom. The van der Waals surface area contributed by atoms with Crippen molar-refractivity contribution in [3.8, 4) is 22.5 Å². The molecule has 3 heterocycles. The molecule has 0 aliphatic rings. The number of pyridine rings is 1. The lowest BCUT2D eigenvalue weighted by molar-refractivity contribution is 0.630. The molecule has 0 saturated carbocycles. The average molecular weight is 356 g/mol. The Hall–Kier alpha value is -3.13. The maximum absolute atomic E-state index is 14.4. The van der Waals surface area contributed by atoms with E-state index in [-0.39, 0.29) is 17.0 Å². The first-order valence-electron chi connectivity index (χ1n) is 7.31. The number of aromatic nitrogens is 6. The summed E-state index contributed by atoms with van der Waals surface area (Å²) in [6.07, 6.45) is 0. The second kappa shape index (κ2) is 5.75. The lowest BCUT2D eigenvalue weighted by Gasteiger charge is -2.13. The minimum absolute atomic E-state index is 0.101. The highest BCUT2D eigenvalue weighted by Gasteiger charge is 2.21. The third kappa shape index (κ3) is 2.56. The van der Waals surface area contributed by atoms with Crippen molar-refractivity contribution < 1.29 is 4.39 Å². The van der Waals surface area contributed by atoms with Crippen LogP contribution in [0.25, 0.3) is 28.2 Å². The van der Waals surface area contributed by atoms with Crippen molar-refractivity contribution in [3.05, 3.63) is 53.1 Å². The van der Waals surface area contributed by atoms with Crippen LogP contribution < -0.4 is 5.73 Å². The quantitative estimate of drug-likeness (QED) is 0.555. The summed E-state index contributed by atoms with van der Waals surface area (Å²) < 4.78 is 15.8. The summed E-state index contributed by atoms with van der Waals surface area (Å²) in [7, 11) is 0. The van der Waals surface area contributed by atoms with Gasteiger partial charge in [0.25, 0.3) is 0 Å². The van der Waals surface area contributed by atoms with Gasteiger partial charge < -0.3 is 5.73 Å². The maximum atomic E-state index is 14.4. The molecule has 0 amide bonds. The molecule has 0 bridgehead atoms. The molecule has 0 aliphatic carbocycles. The molecule has 4 aromatic rings. The van der Waals surface area contributed by atoms with Gasteiger partial charge in [0.1, 0.15) is 22.4 Å². The first-order chi connectivity index (χ1) is 12.0. The smallest absolute Gasteiger partial charge is 0.222 e. The van der Waals surface area contributed by atoms with Gasteiger partial charge in [0.2, 0.25) is 5.65 Å². The van der Waals surface area contributed by atoms with Crippen LogP contribution in [0.5, 0.6) is 0 Å². The third-order valence-corrected chi connectivity index (χ3v) is 3.89. The van der Waals surface area contributed by atoms with E-state index in [0.29, 0.717) is 27.8 Å². The fourth-order valence-electron chi connectivity index (χ4n) is 2.69. The van der Waals surface area contributed by atoms with Gasteiger partial charge in [-0.25, -0.2) is 14.4 Å². The van der Waals surface area contributed by atoms with Gasteiger partial charge in [-0.1, -0.05) is 23.7 Å². The molecule has 2 N–H and O–H groups in total. The van der Waals surface area contributed by atoms with Crippen LogP contribution in [0.1, 0.15) is 5.69 Å². The number of nitrogens with two attached hydrogens (primary N) is 1. The summed E-state index contributed by atoms with van der Waals surface area (Å²) in [4.78, 5) is 8.50. The molecule has 9 heteroatoms. The molecule has 7 nitrogen and oxygen atoms in total. The zero-order valence-electron chi connectivity index (χ0n) is 13.0. The maximum Gasteiger partial charge on any atom is 0.222 e. The van der Waals surface area contributed by atoms with Gasteiger partial charge in [-0.2, -0.15) is 4.52 Å². The summed E-state index contributed by atoms with van der Waals surface area (Å²) >= 11 is 6.09. The summed E-state index contributed by atoms with van der Waals surface area (Å²) in [6.45, 7) is 1.81. The molecule has 0 fully saturated rings. The first-order valence-corrected chi connectivity index (χ1v) is 7.69. The number of aryl methyl sites for hydroxylation is 1. The Kier molecular flexibility index (Phi) is 3.54. The Labute approximate surface area is 146 Å². The number of benzene rings is 1. The molecule has 4 rings (SSSR count). The molecular weight excluding hydrogens is 345 g/mol. The van der Waals surface area contributed by atoms with Crippen LogP contribution in [0, 0.1) is 12.7 Å². The second-order valence-corrected chi connectivity index (χ2v) is 5.80. The molecule has 0 atom stereocenters. The van der Waals surface area contributed by atoms with Crippen LogP contribution in [0.2, 0.25) is 5.15 Å². The van der Waals surface area contributed by atoms with Crippen molar-refractivity contribution in [3.63, 3.8) is 0 Å². The summed E-state index contributed by atoms with van der Waals surface area (Å²) in [5.41, 5.74) is 8.67. The van der Waals surface area contributed by atoms with Crippen LogP contribution in [0.4, 0.5) is 10.2 Å². The van der Waals surface area contributed by atoms with Gasteiger partial charge in [-0.3, -0.25) is 0 Å². The molecule has 124 valence electrons. The molecule has 0 spiro atoms. The zero-order chi connectivity index (χ0) is 17.6. The predicted octanol–water partition coefficient (Wildman–Crippen LogP) is 2.93. The minimum Gasteiger partial charge on any atom is -0.380 e. The number of hydrogen-bond donors (Lipinski definition) is 1. The second-order valence-electron chi connectivity index (χ2n) is 5.41. The lowest BCUT2D eigenvalue weighted by atomic mass is 10.0. The fourth-order valence-corrected chi connectivity index (χ4v) is 2.94. The van der Waals surface area contributed by atoms with Crippen molar-refractivity contribution in [2.75, 3.05) is 5.73 Å². The molecule has 0 unspecified atom stereocenters. The van der Waals surface area contributed by atoms with Crippen LogP contribution in [-0.4, -0.2) is 30.0 Å². The number of tetrazole rings is 1. The van der Waals surface area contributed by atoms with E-state index in [0.717, 1.165) is 0 Å². The Balaban J connectivity index is 2.14. The van der Waals surface area contributed by atoms with Crippen molar-refractivity contribution >= 4 is 23.1 Å². The Morgan fingerprint density at radius 2 is 1.96 bits per heavy atom. The molecule has 3 aromatic heterocycles. The number of fused-ring (bicyclic) bond motifs is 1. The highest BCUT2D eigenvalue weighted by molar-refractivity contribution is 6.29. The fraction of sp³-hybridized carbons (Fsp3) is 0.0625. The van der Waals surface area contributed by atoms with Crippen molar-refractivity contribution in [1.82, 2.24) is 30.0 Å². The number of anilines is 1. The Bertz CT molecular complexity index is 1090. The number of halogens is 2. The summed E-state index contributed by atoms with van der Waals surface area (Å²) in [6, 6.07) is 9.73. The van der Waals surface area contributed by atoms with Gasteiger partial charge in [0.15, 0.2) is 5.82 Å². The van der Waals surface area contributed by atoms with E-state index in [1.54, 1.807) is 37.3 Å². The number of nitrogens with zero attached hydrogens (tertiary/aromatic N) is 6. The van der Waals surface area contributed by atoms with Gasteiger partial charge in [-0.05, 0) is 41.6 Å². The van der Waals surface area contributed by atoms with Crippen molar-refractivity contribution in [2.24, 2.45) is 0 Å². The molecule has 1 aromatic carbocycles. The zero-order valence-corrected chi connectivity index (χ0v) is 13.7. The minimum atomic E-state index is -0.431. The number of nitrogen functional groups attached to an aromatic ring is 1. The lowest BCUT2D eigenvalue weighted by Crippen LogP contribution is -2.06.